The average Bonchev–Trinajstić information content (AvgIpc) is 4.10. The van der Waals surface area contributed by atoms with Crippen LogP contribution in [0.15, 0.2) is 261 Å². The predicted molar refractivity (Wildman–Crippen MR) is 319 cm³/mol. The maximum atomic E-state index is 5.52. The molecule has 0 amide bonds. The Kier molecular flexibility index (Phi) is 11.2. The van der Waals surface area contributed by atoms with Crippen LogP contribution in [-0.4, -0.2) is 54.0 Å². The lowest BCUT2D eigenvalue weighted by molar-refractivity contribution is 0.947. The Bertz CT molecular complexity index is 4320. The lowest BCUT2D eigenvalue weighted by Crippen LogP contribution is -2.07. The van der Waals surface area contributed by atoms with Crippen molar-refractivity contribution in [1.82, 2.24) is 54.0 Å². The lowest BCUT2D eigenvalue weighted by atomic mass is 10.0. The summed E-state index contributed by atoms with van der Waals surface area (Å²) in [7, 11) is 0. The summed E-state index contributed by atoms with van der Waals surface area (Å²) in [6.07, 6.45) is 3.59. The maximum Gasteiger partial charge on any atom is 0.238 e. The Labute approximate surface area is 459 Å². The van der Waals surface area contributed by atoms with Crippen molar-refractivity contribution in [3.8, 4) is 102 Å². The molecule has 11 heteroatoms. The van der Waals surface area contributed by atoms with Gasteiger partial charge in [-0.05, 0) is 99.1 Å². The predicted octanol–water partition coefficient (Wildman–Crippen LogP) is 15.8. The van der Waals surface area contributed by atoms with Gasteiger partial charge in [-0.25, -0.2) is 15.0 Å². The van der Waals surface area contributed by atoms with Gasteiger partial charge in [0.2, 0.25) is 11.9 Å². The van der Waals surface area contributed by atoms with E-state index in [9.17, 15) is 0 Å². The van der Waals surface area contributed by atoms with E-state index in [4.69, 9.17) is 44.9 Å². The summed E-state index contributed by atoms with van der Waals surface area (Å²) in [6.45, 7) is 0. The summed E-state index contributed by atoms with van der Waals surface area (Å²) in [5, 5.41) is 0. The second-order valence-corrected chi connectivity index (χ2v) is 19.5. The van der Waals surface area contributed by atoms with Crippen molar-refractivity contribution >= 4 is 44.1 Å². The Morgan fingerprint density at radius 1 is 0.200 bits per heavy atom. The lowest BCUT2D eigenvalue weighted by Gasteiger charge is -2.13. The standard InChI is InChI=1S/C69H43N11/c1-5-19-44(20-6-1)48-27-13-31-52(39-48)64-73-65(53-32-14-28-49(40-53)45-21-7-2-8-22-45)76-68(75-64)79-56-35-17-37-70-60(56)62-58(79)43-59-63(72-62)61-57(36-18-38-71-61)80(59)69-77-66(54-33-15-29-50(41-54)46-23-9-3-10-24-46)74-67(78-69)55-34-16-30-51(42-55)47-25-11-4-12-26-47/h1-43H. The highest BCUT2D eigenvalue weighted by molar-refractivity contribution is 6.13. The molecule has 0 aliphatic rings. The number of rotatable bonds is 10. The van der Waals surface area contributed by atoms with Gasteiger partial charge in [0, 0.05) is 34.6 Å². The summed E-state index contributed by atoms with van der Waals surface area (Å²) in [5.74, 6) is 2.84. The zero-order chi connectivity index (χ0) is 52.9. The van der Waals surface area contributed by atoms with E-state index in [1.165, 1.54) is 0 Å². The van der Waals surface area contributed by atoms with E-state index >= 15 is 0 Å². The molecule has 11 nitrogen and oxygen atoms in total. The fourth-order valence-electron chi connectivity index (χ4n) is 10.7. The molecular weight excluding hydrogens is 983 g/mol. The van der Waals surface area contributed by atoms with Gasteiger partial charge >= 0.3 is 0 Å². The maximum absolute atomic E-state index is 5.52. The fourth-order valence-corrected chi connectivity index (χ4v) is 10.7. The number of pyridine rings is 3. The van der Waals surface area contributed by atoms with Crippen LogP contribution < -0.4 is 0 Å². The molecule has 0 saturated heterocycles. The molecule has 15 rings (SSSR count). The molecule has 0 saturated carbocycles. The van der Waals surface area contributed by atoms with Crippen LogP contribution >= 0.6 is 0 Å². The minimum Gasteiger partial charge on any atom is -0.274 e. The van der Waals surface area contributed by atoms with Crippen molar-refractivity contribution in [3.63, 3.8) is 0 Å². The highest BCUT2D eigenvalue weighted by Gasteiger charge is 2.25. The molecule has 0 aliphatic carbocycles. The van der Waals surface area contributed by atoms with Crippen LogP contribution in [0.5, 0.6) is 0 Å². The first-order chi connectivity index (χ1) is 39.6. The minimum atomic E-state index is 0.400. The van der Waals surface area contributed by atoms with E-state index in [2.05, 4.69) is 103 Å². The molecule has 8 aromatic carbocycles. The SMILES string of the molecule is c1ccc(-c2cccc(-c3nc(-c4cccc(-c5ccccc5)c4)nc(-n4c5cccnc5c5nc6c7ncccc7n(-c7nc(-c8cccc(-c9ccccc9)c8)nc(-c8cccc(-c9ccccc9)c8)n7)c6cc54)n3)c2)cc1. The number of hydrogen-bond donors (Lipinski definition) is 0. The first kappa shape index (κ1) is 46.2. The van der Waals surface area contributed by atoms with Gasteiger partial charge in [-0.3, -0.25) is 19.1 Å². The van der Waals surface area contributed by atoms with Crippen molar-refractivity contribution in [2.24, 2.45) is 0 Å². The molecule has 0 atom stereocenters. The van der Waals surface area contributed by atoms with Gasteiger partial charge in [0.1, 0.15) is 22.1 Å². The van der Waals surface area contributed by atoms with Crippen molar-refractivity contribution < 1.29 is 0 Å². The van der Waals surface area contributed by atoms with Crippen LogP contribution in [0.2, 0.25) is 0 Å². The van der Waals surface area contributed by atoms with Crippen molar-refractivity contribution in [1.29, 1.82) is 0 Å². The van der Waals surface area contributed by atoms with Crippen LogP contribution in [0.4, 0.5) is 0 Å². The largest absolute Gasteiger partial charge is 0.274 e. The third-order valence-corrected chi connectivity index (χ3v) is 14.5. The summed E-state index contributed by atoms with van der Waals surface area (Å²) in [4.78, 5) is 47.5. The number of aromatic nitrogens is 11. The van der Waals surface area contributed by atoms with E-state index in [1.54, 1.807) is 12.4 Å². The van der Waals surface area contributed by atoms with Gasteiger partial charge < -0.3 is 0 Å². The Hall–Kier alpha value is -11.2. The smallest absolute Gasteiger partial charge is 0.238 e. The normalized spacial score (nSPS) is 11.5. The quantitative estimate of drug-likeness (QED) is 0.132. The molecular formula is C69H43N11. The second-order valence-electron chi connectivity index (χ2n) is 19.5. The third-order valence-electron chi connectivity index (χ3n) is 14.5. The number of hydrogen-bond acceptors (Lipinski definition) is 9. The molecule has 0 N–H and O–H groups in total. The van der Waals surface area contributed by atoms with E-state index in [0.717, 1.165) is 88.8 Å². The first-order valence-corrected chi connectivity index (χ1v) is 26.4. The van der Waals surface area contributed by atoms with Gasteiger partial charge in [-0.2, -0.15) is 19.9 Å². The molecule has 0 fully saturated rings. The van der Waals surface area contributed by atoms with Crippen LogP contribution in [0.25, 0.3) is 146 Å². The van der Waals surface area contributed by atoms with Crippen molar-refractivity contribution in [2.45, 2.75) is 0 Å². The fraction of sp³-hybridized carbons (Fsp3) is 0. The van der Waals surface area contributed by atoms with Crippen LogP contribution in [-0.2, 0) is 0 Å². The molecule has 7 aromatic heterocycles. The highest BCUT2D eigenvalue weighted by atomic mass is 15.2. The first-order valence-electron chi connectivity index (χ1n) is 26.4. The molecule has 0 bridgehead atoms. The molecule has 7 heterocycles. The monoisotopic (exact) mass is 1030 g/mol. The molecule has 0 radical (unpaired) electrons. The number of benzene rings is 8. The topological polar surface area (TPSA) is 126 Å². The minimum absolute atomic E-state index is 0.400. The summed E-state index contributed by atoms with van der Waals surface area (Å²) in [5.41, 5.74) is 17.6. The van der Waals surface area contributed by atoms with Gasteiger partial charge in [-0.15, -0.1) is 0 Å². The van der Waals surface area contributed by atoms with E-state index in [1.807, 2.05) is 155 Å². The third kappa shape index (κ3) is 8.30. The van der Waals surface area contributed by atoms with Crippen LogP contribution in [0, 0.1) is 0 Å². The van der Waals surface area contributed by atoms with Gasteiger partial charge in [0.15, 0.2) is 23.3 Å². The van der Waals surface area contributed by atoms with Gasteiger partial charge in [0.05, 0.1) is 22.1 Å². The molecule has 15 aromatic rings. The van der Waals surface area contributed by atoms with Crippen molar-refractivity contribution in [2.75, 3.05) is 0 Å². The van der Waals surface area contributed by atoms with E-state index in [-0.39, 0.29) is 0 Å². The summed E-state index contributed by atoms with van der Waals surface area (Å²) in [6, 6.07) is 84.7. The molecule has 0 spiro atoms. The van der Waals surface area contributed by atoms with Crippen LogP contribution in [0.3, 0.4) is 0 Å². The van der Waals surface area contributed by atoms with Crippen LogP contribution in [0.1, 0.15) is 0 Å². The summed E-state index contributed by atoms with van der Waals surface area (Å²) >= 11 is 0. The summed E-state index contributed by atoms with van der Waals surface area (Å²) < 4.78 is 4.09. The van der Waals surface area contributed by atoms with Gasteiger partial charge in [-0.1, -0.05) is 194 Å². The van der Waals surface area contributed by atoms with E-state index < -0.39 is 0 Å². The Morgan fingerprint density at radius 3 is 0.800 bits per heavy atom. The molecule has 80 heavy (non-hydrogen) atoms. The second kappa shape index (κ2) is 19.4. The zero-order valence-corrected chi connectivity index (χ0v) is 42.7. The number of fused-ring (bicyclic) bond motifs is 6. The molecule has 0 aliphatic heterocycles. The zero-order valence-electron chi connectivity index (χ0n) is 42.7. The Morgan fingerprint density at radius 2 is 0.487 bits per heavy atom. The van der Waals surface area contributed by atoms with Gasteiger partial charge in [0.25, 0.3) is 0 Å². The molecule has 0 unspecified atom stereocenters. The van der Waals surface area contributed by atoms with Crippen molar-refractivity contribution in [3.05, 3.63) is 261 Å². The highest BCUT2D eigenvalue weighted by Crippen LogP contribution is 2.38. The number of nitrogens with zero attached hydrogens (tertiary/aromatic N) is 11. The van der Waals surface area contributed by atoms with E-state index in [0.29, 0.717) is 57.3 Å². The average molecular weight is 1030 g/mol. The Balaban J connectivity index is 0.977. The molecule has 374 valence electrons.